The molecular weight excluding hydrogens is 615 g/mol. The third-order valence-electron chi connectivity index (χ3n) is 7.52. The van der Waals surface area contributed by atoms with Crippen molar-refractivity contribution < 1.29 is 38.4 Å². The number of nitrogens with zero attached hydrogens (tertiary/aromatic N) is 1. The van der Waals surface area contributed by atoms with Gasteiger partial charge in [0.25, 0.3) is 0 Å². The first kappa shape index (κ1) is 32.2. The average molecular weight is 650 g/mol. The SMILES string of the molecule is C=CC(=O)OCCCCCCOc1ccc(C(=O)OC2CCC(C(=O)Oc3ccc(O)c4nc(-c5cccs5)sc34)CC2)cc1. The zero-order valence-electron chi connectivity index (χ0n) is 24.8. The lowest BCUT2D eigenvalue weighted by atomic mass is 9.87. The molecule has 0 radical (unpaired) electrons. The molecule has 0 bridgehead atoms. The Labute approximate surface area is 269 Å². The summed E-state index contributed by atoms with van der Waals surface area (Å²) in [6.07, 6.45) is 6.69. The molecule has 11 heteroatoms. The summed E-state index contributed by atoms with van der Waals surface area (Å²) in [5, 5.41) is 13.0. The van der Waals surface area contributed by atoms with Crippen LogP contribution in [0.1, 0.15) is 61.7 Å². The highest BCUT2D eigenvalue weighted by Crippen LogP contribution is 2.41. The van der Waals surface area contributed by atoms with Gasteiger partial charge in [0, 0.05) is 6.08 Å². The van der Waals surface area contributed by atoms with Crippen LogP contribution in [-0.2, 0) is 19.1 Å². The van der Waals surface area contributed by atoms with E-state index in [-0.39, 0.29) is 23.7 Å². The molecule has 2 aromatic carbocycles. The monoisotopic (exact) mass is 649 g/mol. The van der Waals surface area contributed by atoms with Crippen molar-refractivity contribution in [3.8, 4) is 27.1 Å². The van der Waals surface area contributed by atoms with Gasteiger partial charge in [0.15, 0.2) is 5.75 Å². The van der Waals surface area contributed by atoms with Crippen molar-refractivity contribution in [3.05, 3.63) is 72.1 Å². The lowest BCUT2D eigenvalue weighted by molar-refractivity contribution is -0.140. The third-order valence-corrected chi connectivity index (χ3v) is 9.63. The molecule has 5 rings (SSSR count). The zero-order chi connectivity index (χ0) is 31.6. The number of phenolic OH excluding ortho intramolecular Hbond substituents is 1. The maximum absolute atomic E-state index is 13.1. The van der Waals surface area contributed by atoms with E-state index in [1.54, 1.807) is 41.7 Å². The number of aromatic nitrogens is 1. The van der Waals surface area contributed by atoms with Gasteiger partial charge in [0.1, 0.15) is 32.8 Å². The molecule has 1 fully saturated rings. The summed E-state index contributed by atoms with van der Waals surface area (Å²) < 4.78 is 22.9. The highest BCUT2D eigenvalue weighted by molar-refractivity contribution is 7.25. The Morgan fingerprint density at radius 3 is 2.42 bits per heavy atom. The fourth-order valence-corrected chi connectivity index (χ4v) is 6.88. The van der Waals surface area contributed by atoms with E-state index in [0.29, 0.717) is 66.2 Å². The summed E-state index contributed by atoms with van der Waals surface area (Å²) in [5.41, 5.74) is 0.863. The summed E-state index contributed by atoms with van der Waals surface area (Å²) >= 11 is 2.94. The van der Waals surface area contributed by atoms with E-state index in [0.717, 1.165) is 41.6 Å². The number of aromatic hydroxyl groups is 1. The number of hydrogen-bond acceptors (Lipinski definition) is 11. The lowest BCUT2D eigenvalue weighted by Crippen LogP contribution is -2.30. The van der Waals surface area contributed by atoms with Gasteiger partial charge in [0.2, 0.25) is 0 Å². The zero-order valence-corrected chi connectivity index (χ0v) is 26.4. The second-order valence-electron chi connectivity index (χ2n) is 10.7. The van der Waals surface area contributed by atoms with Gasteiger partial charge in [-0.25, -0.2) is 14.6 Å². The summed E-state index contributed by atoms with van der Waals surface area (Å²) in [6, 6.07) is 13.9. The molecule has 9 nitrogen and oxygen atoms in total. The number of ether oxygens (including phenoxy) is 4. The molecule has 1 saturated carbocycles. The van der Waals surface area contributed by atoms with Crippen LogP contribution in [0.3, 0.4) is 0 Å². The highest BCUT2D eigenvalue weighted by Gasteiger charge is 2.30. The molecule has 0 spiro atoms. The maximum atomic E-state index is 13.1. The van der Waals surface area contributed by atoms with Crippen LogP contribution in [0.5, 0.6) is 17.2 Å². The fraction of sp³-hybridized carbons (Fsp3) is 0.353. The Hall–Kier alpha value is -4.22. The van der Waals surface area contributed by atoms with Gasteiger partial charge in [-0.2, -0.15) is 0 Å². The van der Waals surface area contributed by atoms with Crippen LogP contribution in [0.2, 0.25) is 0 Å². The van der Waals surface area contributed by atoms with Gasteiger partial charge in [-0.3, -0.25) is 4.79 Å². The number of carbonyl (C=O) groups excluding carboxylic acids is 3. The summed E-state index contributed by atoms with van der Waals surface area (Å²) in [4.78, 5) is 42.4. The first-order valence-corrected chi connectivity index (χ1v) is 16.7. The van der Waals surface area contributed by atoms with Crippen molar-refractivity contribution in [1.82, 2.24) is 4.98 Å². The van der Waals surface area contributed by atoms with E-state index >= 15 is 0 Å². The number of hydrogen-bond donors (Lipinski definition) is 1. The predicted octanol–water partition coefficient (Wildman–Crippen LogP) is 7.72. The number of benzene rings is 2. The van der Waals surface area contributed by atoms with Crippen LogP contribution in [0.4, 0.5) is 0 Å². The van der Waals surface area contributed by atoms with E-state index in [9.17, 15) is 19.5 Å². The normalized spacial score (nSPS) is 16.2. The Balaban J connectivity index is 1.03. The molecule has 2 aromatic heterocycles. The van der Waals surface area contributed by atoms with Gasteiger partial charge in [0.05, 0.1) is 29.6 Å². The summed E-state index contributed by atoms with van der Waals surface area (Å²) in [7, 11) is 0. The van der Waals surface area contributed by atoms with E-state index in [1.165, 1.54) is 17.4 Å². The van der Waals surface area contributed by atoms with Crippen LogP contribution in [0.15, 0.2) is 66.6 Å². The summed E-state index contributed by atoms with van der Waals surface area (Å²) in [5.74, 6) is -0.326. The Morgan fingerprint density at radius 2 is 1.71 bits per heavy atom. The molecular formula is C34H35NO8S2. The van der Waals surface area contributed by atoms with Gasteiger partial charge >= 0.3 is 17.9 Å². The molecule has 236 valence electrons. The van der Waals surface area contributed by atoms with Crippen LogP contribution < -0.4 is 9.47 Å². The maximum Gasteiger partial charge on any atom is 0.338 e. The number of thiazole rings is 1. The summed E-state index contributed by atoms with van der Waals surface area (Å²) in [6.45, 7) is 4.32. The van der Waals surface area contributed by atoms with Crippen molar-refractivity contribution in [2.75, 3.05) is 13.2 Å². The topological polar surface area (TPSA) is 121 Å². The second-order valence-corrected chi connectivity index (χ2v) is 12.7. The molecule has 0 amide bonds. The Kier molecular flexibility index (Phi) is 11.2. The van der Waals surface area contributed by atoms with Gasteiger partial charge in [-0.15, -0.1) is 22.7 Å². The predicted molar refractivity (Wildman–Crippen MR) is 173 cm³/mol. The second kappa shape index (κ2) is 15.7. The Morgan fingerprint density at radius 1 is 0.956 bits per heavy atom. The van der Waals surface area contributed by atoms with E-state index < -0.39 is 11.9 Å². The number of rotatable bonds is 14. The quantitative estimate of drug-likeness (QED) is 0.0633. The van der Waals surface area contributed by atoms with Crippen molar-refractivity contribution in [2.45, 2.75) is 57.5 Å². The van der Waals surface area contributed by atoms with Crippen LogP contribution >= 0.6 is 22.7 Å². The third kappa shape index (κ3) is 8.70. The molecule has 0 unspecified atom stereocenters. The Bertz CT molecular complexity index is 1610. The van der Waals surface area contributed by atoms with Gasteiger partial charge in [-0.05, 0) is 99.2 Å². The standard InChI is InChI=1S/C34H35NO8S2/c1-2-29(37)41-20-6-4-3-5-19-40-24-13-9-22(10-14-24)33(38)42-25-15-11-23(12-16-25)34(39)43-27-18-17-26(36)30-31(27)45-32(35-30)28-8-7-21-44-28/h2,7-10,13-14,17-18,21,23,25,36H,1,3-6,11-12,15-16,19-20H2. The minimum atomic E-state index is -0.400. The molecule has 1 aliphatic carbocycles. The molecule has 45 heavy (non-hydrogen) atoms. The average Bonchev–Trinajstić information content (AvgIpc) is 3.76. The molecule has 1 N–H and O–H groups in total. The number of phenols is 1. The van der Waals surface area contributed by atoms with Crippen LogP contribution in [0.25, 0.3) is 20.1 Å². The van der Waals surface area contributed by atoms with E-state index in [1.807, 2.05) is 17.5 Å². The van der Waals surface area contributed by atoms with Crippen molar-refractivity contribution >= 4 is 50.8 Å². The number of carbonyl (C=O) groups is 3. The first-order chi connectivity index (χ1) is 21.9. The fourth-order valence-electron chi connectivity index (χ4n) is 5.05. The van der Waals surface area contributed by atoms with Crippen LogP contribution in [-0.4, -0.2) is 47.3 Å². The smallest absolute Gasteiger partial charge is 0.338 e. The molecule has 0 atom stereocenters. The lowest BCUT2D eigenvalue weighted by Gasteiger charge is -2.27. The van der Waals surface area contributed by atoms with E-state index in [4.69, 9.17) is 18.9 Å². The van der Waals surface area contributed by atoms with E-state index in [2.05, 4.69) is 11.6 Å². The number of esters is 3. The van der Waals surface area contributed by atoms with Gasteiger partial charge < -0.3 is 24.1 Å². The van der Waals surface area contributed by atoms with Crippen LogP contribution in [0, 0.1) is 5.92 Å². The number of fused-ring (bicyclic) bond motifs is 1. The minimum Gasteiger partial charge on any atom is -0.506 e. The first-order valence-electron chi connectivity index (χ1n) is 15.0. The minimum absolute atomic E-state index is 0.0438. The molecule has 4 aromatic rings. The largest absolute Gasteiger partial charge is 0.506 e. The molecule has 1 aliphatic rings. The number of thiophene rings is 1. The van der Waals surface area contributed by atoms with Crippen molar-refractivity contribution in [2.24, 2.45) is 5.92 Å². The molecule has 2 heterocycles. The van der Waals surface area contributed by atoms with Crippen molar-refractivity contribution in [3.63, 3.8) is 0 Å². The van der Waals surface area contributed by atoms with Crippen molar-refractivity contribution in [1.29, 1.82) is 0 Å². The molecule has 0 saturated heterocycles. The van der Waals surface area contributed by atoms with Gasteiger partial charge in [-0.1, -0.05) is 12.6 Å². The highest BCUT2D eigenvalue weighted by atomic mass is 32.1. The molecule has 0 aliphatic heterocycles. The number of unbranched alkanes of at least 4 members (excludes halogenated alkanes) is 3.